The van der Waals surface area contributed by atoms with Crippen molar-refractivity contribution in [1.29, 1.82) is 0 Å². The molecule has 1 fully saturated rings. The molecule has 1 aliphatic rings. The van der Waals surface area contributed by atoms with E-state index >= 15 is 0 Å². The van der Waals surface area contributed by atoms with Gasteiger partial charge in [0.15, 0.2) is 5.82 Å². The summed E-state index contributed by atoms with van der Waals surface area (Å²) < 4.78 is 51.1. The van der Waals surface area contributed by atoms with Gasteiger partial charge >= 0.3 is 18.3 Å². The van der Waals surface area contributed by atoms with Crippen molar-refractivity contribution in [2.24, 2.45) is 5.92 Å². The molecular weight excluding hydrogens is 479 g/mol. The zero-order valence-corrected chi connectivity index (χ0v) is 20.6. The van der Waals surface area contributed by atoms with Crippen LogP contribution < -0.4 is 15.4 Å². The molecule has 1 aromatic heterocycles. The van der Waals surface area contributed by atoms with Gasteiger partial charge in [0, 0.05) is 19.0 Å². The number of urea groups is 1. The first kappa shape index (κ1) is 27.0. The summed E-state index contributed by atoms with van der Waals surface area (Å²) in [5.41, 5.74) is -1.06. The molecule has 1 aliphatic heterocycles. The normalized spacial score (nSPS) is 16.3. The summed E-state index contributed by atoms with van der Waals surface area (Å²) in [5, 5.41) is 4.83. The van der Waals surface area contributed by atoms with E-state index in [1.54, 1.807) is 32.6 Å². The van der Waals surface area contributed by atoms with E-state index in [-0.39, 0.29) is 29.8 Å². The Morgan fingerprint density at radius 1 is 1.14 bits per heavy atom. The van der Waals surface area contributed by atoms with Gasteiger partial charge in [-0.1, -0.05) is 0 Å². The molecule has 0 bridgehead atoms. The first-order valence-corrected chi connectivity index (χ1v) is 11.5. The van der Waals surface area contributed by atoms with Gasteiger partial charge in [0.2, 0.25) is 0 Å². The number of hydrogen-bond donors (Lipinski definition) is 2. The molecule has 1 saturated heterocycles. The molecule has 3 amide bonds. The van der Waals surface area contributed by atoms with Gasteiger partial charge in [-0.15, -0.1) is 0 Å². The van der Waals surface area contributed by atoms with E-state index in [1.165, 1.54) is 18.5 Å². The molecule has 1 atom stereocenters. The minimum Gasteiger partial charge on any atom is -0.491 e. The van der Waals surface area contributed by atoms with Crippen LogP contribution in [0.2, 0.25) is 0 Å². The van der Waals surface area contributed by atoms with Crippen LogP contribution >= 0.6 is 0 Å². The molecule has 0 radical (unpaired) electrons. The summed E-state index contributed by atoms with van der Waals surface area (Å²) in [6.45, 7) is 8.18. The number of hydrogen-bond acceptors (Lipinski definition) is 6. The van der Waals surface area contributed by atoms with Crippen molar-refractivity contribution in [2.75, 3.05) is 30.3 Å². The number of likely N-dealkylation sites (tertiary alicyclic amines) is 1. The highest BCUT2D eigenvalue weighted by Crippen LogP contribution is 2.35. The second kappa shape index (κ2) is 11.0. The molecule has 2 heterocycles. The number of carbonyl (C=O) groups excluding carboxylic acids is 2. The fraction of sp³-hybridized carbons (Fsp3) is 0.500. The maximum absolute atomic E-state index is 13.3. The van der Waals surface area contributed by atoms with E-state index < -0.39 is 29.5 Å². The number of carbonyl (C=O) groups is 2. The van der Waals surface area contributed by atoms with Crippen LogP contribution in [0.25, 0.3) is 0 Å². The molecule has 0 spiro atoms. The Morgan fingerprint density at radius 2 is 1.89 bits per heavy atom. The third-order valence-corrected chi connectivity index (χ3v) is 5.22. The van der Waals surface area contributed by atoms with Gasteiger partial charge in [0.1, 0.15) is 11.4 Å². The molecule has 3 rings (SSSR count). The molecule has 2 N–H and O–H groups in total. The van der Waals surface area contributed by atoms with E-state index in [9.17, 15) is 22.8 Å². The van der Waals surface area contributed by atoms with Crippen molar-refractivity contribution in [2.45, 2.75) is 52.3 Å². The lowest BCUT2D eigenvalue weighted by molar-refractivity contribution is -0.137. The van der Waals surface area contributed by atoms with Crippen molar-refractivity contribution < 1.29 is 32.2 Å². The van der Waals surface area contributed by atoms with E-state index in [4.69, 9.17) is 9.47 Å². The quantitative estimate of drug-likeness (QED) is 0.554. The minimum atomic E-state index is -4.61. The van der Waals surface area contributed by atoms with Gasteiger partial charge in [-0.3, -0.25) is 10.3 Å². The summed E-state index contributed by atoms with van der Waals surface area (Å²) in [6.07, 6.45) is -0.733. The minimum absolute atomic E-state index is 0.0573. The monoisotopic (exact) mass is 509 g/mol. The molecular formula is C24H30F3N5O4. The number of piperidine rings is 1. The zero-order valence-electron chi connectivity index (χ0n) is 20.6. The maximum atomic E-state index is 13.3. The molecule has 36 heavy (non-hydrogen) atoms. The Morgan fingerprint density at radius 3 is 2.53 bits per heavy atom. The molecule has 0 aliphatic carbocycles. The van der Waals surface area contributed by atoms with Gasteiger partial charge in [-0.25, -0.2) is 14.6 Å². The average Bonchev–Trinajstić information content (AvgIpc) is 2.78. The third-order valence-electron chi connectivity index (χ3n) is 5.22. The molecule has 196 valence electrons. The van der Waals surface area contributed by atoms with E-state index in [0.717, 1.165) is 25.0 Å². The predicted molar refractivity (Wildman–Crippen MR) is 127 cm³/mol. The average molecular weight is 510 g/mol. The van der Waals surface area contributed by atoms with Crippen LogP contribution in [0.4, 0.5) is 34.3 Å². The fourth-order valence-electron chi connectivity index (χ4n) is 3.56. The maximum Gasteiger partial charge on any atom is 0.416 e. The van der Waals surface area contributed by atoms with Crippen LogP contribution in [0, 0.1) is 12.8 Å². The van der Waals surface area contributed by atoms with Crippen LogP contribution in [-0.4, -0.2) is 52.3 Å². The molecule has 0 unspecified atom stereocenters. The summed E-state index contributed by atoms with van der Waals surface area (Å²) in [4.78, 5) is 34.4. The van der Waals surface area contributed by atoms with Crippen molar-refractivity contribution >= 4 is 23.6 Å². The number of nitrogens with zero attached hydrogens (tertiary/aromatic N) is 3. The number of halogens is 3. The van der Waals surface area contributed by atoms with Gasteiger partial charge < -0.3 is 19.7 Å². The van der Waals surface area contributed by atoms with Crippen LogP contribution in [0.15, 0.2) is 30.6 Å². The Kier molecular flexibility index (Phi) is 8.26. The second-order valence-electron chi connectivity index (χ2n) is 9.58. The second-order valence-corrected chi connectivity index (χ2v) is 9.58. The van der Waals surface area contributed by atoms with Crippen molar-refractivity contribution in [3.63, 3.8) is 0 Å². The van der Waals surface area contributed by atoms with E-state index in [0.29, 0.717) is 18.8 Å². The highest BCUT2D eigenvalue weighted by molar-refractivity contribution is 6.00. The summed E-state index contributed by atoms with van der Waals surface area (Å²) in [5.74, 6) is 0.151. The van der Waals surface area contributed by atoms with Gasteiger partial charge in [-0.05, 0) is 58.7 Å². The SMILES string of the molecule is Cc1cnc(NC(=O)Nc2cc(C(F)(F)F)ccc2OC[C@@H]2CCCN(C(=O)OC(C)(C)C)C2)cn1. The Balaban J connectivity index is 1.69. The smallest absolute Gasteiger partial charge is 0.416 e. The van der Waals surface area contributed by atoms with Crippen LogP contribution in [0.5, 0.6) is 5.75 Å². The first-order valence-electron chi connectivity index (χ1n) is 11.5. The molecule has 2 aromatic rings. The zero-order chi connectivity index (χ0) is 26.5. The summed E-state index contributed by atoms with van der Waals surface area (Å²) in [6, 6.07) is 2.06. The molecule has 0 saturated carbocycles. The van der Waals surface area contributed by atoms with Crippen LogP contribution in [-0.2, 0) is 10.9 Å². The Bertz CT molecular complexity index is 1070. The lowest BCUT2D eigenvalue weighted by Crippen LogP contribution is -2.44. The van der Waals surface area contributed by atoms with Crippen LogP contribution in [0.1, 0.15) is 44.9 Å². The van der Waals surface area contributed by atoms with Gasteiger partial charge in [0.05, 0.1) is 35.9 Å². The van der Waals surface area contributed by atoms with Crippen molar-refractivity contribution in [3.8, 4) is 5.75 Å². The van der Waals surface area contributed by atoms with Gasteiger partial charge in [0.25, 0.3) is 0 Å². The molecule has 9 nitrogen and oxygen atoms in total. The van der Waals surface area contributed by atoms with Crippen LogP contribution in [0.3, 0.4) is 0 Å². The third kappa shape index (κ3) is 7.99. The number of benzene rings is 1. The van der Waals surface area contributed by atoms with E-state index in [1.807, 2.05) is 0 Å². The number of aromatic nitrogens is 2. The number of aryl methyl sites for hydroxylation is 1. The first-order chi connectivity index (χ1) is 16.8. The molecule has 1 aromatic carbocycles. The topological polar surface area (TPSA) is 106 Å². The number of ether oxygens (including phenoxy) is 2. The standard InChI is InChI=1S/C24H30F3N5O4/c1-15-11-29-20(12-28-15)31-21(33)30-18-10-17(24(25,26)27)7-8-19(18)35-14-16-6-5-9-32(13-16)22(34)36-23(2,3)4/h7-8,10-12,16H,5-6,9,13-14H2,1-4H3,(H2,29,30,31,33)/t16-/m1/s1. The lowest BCUT2D eigenvalue weighted by Gasteiger charge is -2.34. The van der Waals surface area contributed by atoms with Gasteiger partial charge in [-0.2, -0.15) is 13.2 Å². The number of nitrogens with one attached hydrogen (secondary N) is 2. The van der Waals surface area contributed by atoms with Crippen molar-refractivity contribution in [3.05, 3.63) is 41.9 Å². The van der Waals surface area contributed by atoms with Crippen molar-refractivity contribution in [1.82, 2.24) is 14.9 Å². The largest absolute Gasteiger partial charge is 0.491 e. The highest BCUT2D eigenvalue weighted by Gasteiger charge is 2.32. The predicted octanol–water partition coefficient (Wildman–Crippen LogP) is 5.47. The number of anilines is 2. The number of amides is 3. The Labute approximate surface area is 207 Å². The van der Waals surface area contributed by atoms with E-state index in [2.05, 4.69) is 20.6 Å². The highest BCUT2D eigenvalue weighted by atomic mass is 19.4. The lowest BCUT2D eigenvalue weighted by atomic mass is 9.99. The fourth-order valence-corrected chi connectivity index (χ4v) is 3.56. The summed E-state index contributed by atoms with van der Waals surface area (Å²) >= 11 is 0. The summed E-state index contributed by atoms with van der Waals surface area (Å²) in [7, 11) is 0. The number of rotatable bonds is 5. The number of alkyl halides is 3. The molecule has 12 heteroatoms. The Hall–Kier alpha value is -3.57.